The highest BCUT2D eigenvalue weighted by molar-refractivity contribution is 6.04. The molecule has 84 heavy (non-hydrogen) atoms. The molecule has 3 amide bonds. The molecule has 2 atom stereocenters. The molecule has 0 spiro atoms. The Morgan fingerprint density at radius 1 is 0.595 bits per heavy atom. The fourth-order valence-corrected chi connectivity index (χ4v) is 9.78. The monoisotopic (exact) mass is 1130 g/mol. The lowest BCUT2D eigenvalue weighted by atomic mass is 10.2. The van der Waals surface area contributed by atoms with E-state index in [4.69, 9.17) is 29.1 Å². The number of pyridine rings is 2. The number of rotatable bonds is 19. The van der Waals surface area contributed by atoms with Crippen molar-refractivity contribution in [1.29, 1.82) is 0 Å². The van der Waals surface area contributed by atoms with E-state index in [9.17, 15) is 14.4 Å². The van der Waals surface area contributed by atoms with Gasteiger partial charge in [-0.1, -0.05) is 31.2 Å². The van der Waals surface area contributed by atoms with Gasteiger partial charge in [0.2, 0.25) is 17.8 Å². The van der Waals surface area contributed by atoms with E-state index in [1.54, 1.807) is 95.1 Å². The minimum absolute atomic E-state index is 0.0386. The molecule has 2 aliphatic heterocycles. The summed E-state index contributed by atoms with van der Waals surface area (Å²) in [5.41, 5.74) is 4.35. The Morgan fingerprint density at radius 2 is 1.06 bits per heavy atom. The molecule has 430 valence electrons. The molecule has 8 heterocycles. The lowest BCUT2D eigenvalue weighted by Gasteiger charge is -2.16. The lowest BCUT2D eigenvalue weighted by molar-refractivity contribution is -0.129. The predicted molar refractivity (Wildman–Crippen MR) is 314 cm³/mol. The minimum atomic E-state index is -0.333. The average molecular weight is 1140 g/mol. The van der Waals surface area contributed by atoms with E-state index in [-0.39, 0.29) is 41.7 Å². The van der Waals surface area contributed by atoms with E-state index in [0.29, 0.717) is 95.5 Å². The van der Waals surface area contributed by atoms with Gasteiger partial charge in [0, 0.05) is 73.8 Å². The van der Waals surface area contributed by atoms with Gasteiger partial charge in [-0.25, -0.2) is 19.3 Å². The summed E-state index contributed by atoms with van der Waals surface area (Å²) in [6, 6.07) is 33.3. The van der Waals surface area contributed by atoms with Gasteiger partial charge in [-0.05, 0) is 117 Å². The maximum Gasteiger partial charge on any atom is 0.258 e. The Labute approximate surface area is 481 Å². The summed E-state index contributed by atoms with van der Waals surface area (Å²) in [7, 11) is 3.29. The summed E-state index contributed by atoms with van der Waals surface area (Å²) >= 11 is 0. The Balaban J connectivity index is 0.000000176. The Morgan fingerprint density at radius 3 is 1.48 bits per heavy atom. The average Bonchev–Trinajstić information content (AvgIpc) is 2.67. The van der Waals surface area contributed by atoms with Crippen LogP contribution in [0.25, 0.3) is 22.1 Å². The third kappa shape index (κ3) is 13.0. The number of ether oxygens (including phenoxy) is 4. The molecule has 4 aromatic carbocycles. The van der Waals surface area contributed by atoms with Crippen molar-refractivity contribution in [3.05, 3.63) is 155 Å². The van der Waals surface area contributed by atoms with Crippen LogP contribution < -0.4 is 45.5 Å². The summed E-state index contributed by atoms with van der Waals surface area (Å²) in [5.74, 6) is 6.38. The van der Waals surface area contributed by atoms with Crippen LogP contribution in [0.5, 0.6) is 34.5 Å². The van der Waals surface area contributed by atoms with Gasteiger partial charge in [0.05, 0.1) is 27.3 Å². The highest BCUT2D eigenvalue weighted by Crippen LogP contribution is 2.37. The van der Waals surface area contributed by atoms with Gasteiger partial charge in [0.15, 0.2) is 22.9 Å². The number of aromatic amines is 2. The first-order chi connectivity index (χ1) is 40.9. The number of amides is 3. The summed E-state index contributed by atoms with van der Waals surface area (Å²) in [5, 5.41) is 40.5. The molecule has 7 N–H and O–H groups in total. The molecule has 0 aliphatic carbocycles. The summed E-state index contributed by atoms with van der Waals surface area (Å²) < 4.78 is 27.0. The normalized spacial score (nSPS) is 14.7. The zero-order chi connectivity index (χ0) is 58.1. The van der Waals surface area contributed by atoms with Crippen molar-refractivity contribution < 1.29 is 33.3 Å². The number of likely N-dealkylation sites (tertiary alicyclic amines) is 1. The first-order valence-corrected chi connectivity index (χ1v) is 27.4. The molecule has 25 heteroatoms. The van der Waals surface area contributed by atoms with Gasteiger partial charge in [0.25, 0.3) is 11.8 Å². The van der Waals surface area contributed by atoms with E-state index in [1.807, 2.05) is 75.8 Å². The number of hydrogen-bond acceptors (Lipinski definition) is 18. The van der Waals surface area contributed by atoms with Crippen LogP contribution in [0.15, 0.2) is 122 Å². The van der Waals surface area contributed by atoms with Crippen molar-refractivity contribution >= 4 is 63.3 Å². The molecule has 0 bridgehead atoms. The third-order valence-electron chi connectivity index (χ3n) is 14.1. The van der Waals surface area contributed by atoms with Gasteiger partial charge < -0.3 is 39.8 Å². The molecular formula is C59H62N18O7. The van der Waals surface area contributed by atoms with Gasteiger partial charge in [-0.15, -0.1) is 10.2 Å². The topological polar surface area (TPSA) is 296 Å². The number of fused-ring (bicyclic) bond motifs is 2. The molecule has 10 aromatic rings. The van der Waals surface area contributed by atoms with Crippen molar-refractivity contribution in [2.75, 3.05) is 61.7 Å². The van der Waals surface area contributed by atoms with Crippen LogP contribution in [-0.2, 0) is 17.9 Å². The molecule has 25 nitrogen and oxygen atoms in total. The quantitative estimate of drug-likeness (QED) is 0.0402. The van der Waals surface area contributed by atoms with Crippen molar-refractivity contribution in [2.45, 2.75) is 65.2 Å². The van der Waals surface area contributed by atoms with E-state index in [1.165, 1.54) is 0 Å². The number of methoxy groups -OCH3 is 2. The highest BCUT2D eigenvalue weighted by atomic mass is 16.5. The second-order valence-corrected chi connectivity index (χ2v) is 20.0. The van der Waals surface area contributed by atoms with Gasteiger partial charge in [-0.2, -0.15) is 20.2 Å². The van der Waals surface area contributed by atoms with Crippen LogP contribution in [0.2, 0.25) is 0 Å². The van der Waals surface area contributed by atoms with Crippen LogP contribution in [-0.4, -0.2) is 135 Å². The Hall–Kier alpha value is -10.4. The van der Waals surface area contributed by atoms with E-state index in [2.05, 4.69) is 66.9 Å². The first-order valence-electron chi connectivity index (χ1n) is 27.4. The number of nitrogens with one attached hydrogen (secondary N) is 7. The van der Waals surface area contributed by atoms with E-state index in [0.717, 1.165) is 65.1 Å². The molecule has 0 unspecified atom stereocenters. The van der Waals surface area contributed by atoms with Gasteiger partial charge in [0.1, 0.15) is 56.9 Å². The van der Waals surface area contributed by atoms with Crippen molar-refractivity contribution in [3.8, 4) is 34.5 Å². The van der Waals surface area contributed by atoms with Crippen LogP contribution in [0.3, 0.4) is 0 Å². The second-order valence-electron chi connectivity index (χ2n) is 20.0. The fraction of sp³-hybridized carbons (Fsp3) is 0.271. The number of nitrogens with zero attached hydrogens (tertiary/aromatic N) is 11. The van der Waals surface area contributed by atoms with Crippen molar-refractivity contribution in [1.82, 2.24) is 70.1 Å². The van der Waals surface area contributed by atoms with Crippen molar-refractivity contribution in [3.63, 3.8) is 0 Å². The zero-order valence-electron chi connectivity index (χ0n) is 46.8. The van der Waals surface area contributed by atoms with Gasteiger partial charge in [-0.3, -0.25) is 35.2 Å². The lowest BCUT2D eigenvalue weighted by Crippen LogP contribution is -2.31. The SMILES string of the molecule is CCC(=O)N1CC[C@@H](Nc2nn(Cc3ccc(OC)cc3)c3nccc(Oc4ccc(C(=O)Nc5n[nH]c(C)n5)cc4)c23)C1.COc1ccc(Cn2nc(N[C@@H]3CCNC3)c3c(Oc4ccc(C(=O)Nc5n[nH]c(C)n5)cc4)ccnc32)cc1. The molecule has 0 radical (unpaired) electrons. The molecule has 6 aromatic heterocycles. The fourth-order valence-electron chi connectivity index (χ4n) is 9.78. The number of carbonyl (C=O) groups is 3. The third-order valence-corrected chi connectivity index (χ3v) is 14.1. The number of benzene rings is 4. The van der Waals surface area contributed by atoms with Crippen LogP contribution in [0.1, 0.15) is 69.7 Å². The van der Waals surface area contributed by atoms with E-state index < -0.39 is 0 Å². The predicted octanol–water partition coefficient (Wildman–Crippen LogP) is 8.12. The summed E-state index contributed by atoms with van der Waals surface area (Å²) in [6.45, 7) is 9.54. The molecular weight excluding hydrogens is 1070 g/mol. The zero-order valence-corrected chi connectivity index (χ0v) is 46.8. The number of H-pyrrole nitrogens is 2. The van der Waals surface area contributed by atoms with E-state index >= 15 is 0 Å². The second kappa shape index (κ2) is 25.2. The number of aryl methyl sites for hydroxylation is 2. The van der Waals surface area contributed by atoms with Crippen molar-refractivity contribution in [2.24, 2.45) is 0 Å². The molecule has 2 fully saturated rings. The molecule has 2 aliphatic rings. The number of aromatic nitrogens is 12. The van der Waals surface area contributed by atoms with Crippen LogP contribution >= 0.6 is 0 Å². The number of carbonyl (C=O) groups excluding carboxylic acids is 3. The van der Waals surface area contributed by atoms with Crippen LogP contribution in [0.4, 0.5) is 23.5 Å². The highest BCUT2D eigenvalue weighted by Gasteiger charge is 2.28. The van der Waals surface area contributed by atoms with Crippen LogP contribution in [0, 0.1) is 13.8 Å². The summed E-state index contributed by atoms with van der Waals surface area (Å²) in [6.07, 6.45) is 5.69. The largest absolute Gasteiger partial charge is 0.497 e. The summed E-state index contributed by atoms with van der Waals surface area (Å²) in [4.78, 5) is 56.9. The first kappa shape index (κ1) is 55.5. The molecule has 2 saturated heterocycles. The van der Waals surface area contributed by atoms with Gasteiger partial charge >= 0.3 is 0 Å². The maximum atomic E-state index is 12.6. The molecule has 0 saturated carbocycles. The Bertz CT molecular complexity index is 3910. The smallest absolute Gasteiger partial charge is 0.258 e. The Kier molecular flexibility index (Phi) is 16.6. The number of anilines is 4. The standard InChI is InChI=1S/C31H33N9O4.C28H29N9O3/c1-4-26(41)39-16-14-22(18-39)34-28-27-25(13-15-32-29(27)40(38-28)17-20-5-9-23(43-3)10-6-20)44-24-11-7-21(8-12-24)30(42)35-31-33-19(2)36-37-31;1-17-31-28(35-34-17)33-27(38)19-5-9-22(10-6-19)40-23-12-14-30-26-24(23)25(32-20-11-13-29-15-20)36-37(26)16-18-3-7-21(39-2)8-4-18/h5-13,15,22H,4,14,16-18H2,1-3H3,(H,34,38)(H2,33,35,36,37,42);3-10,12,14,20,29H,11,13,15-16H2,1-2H3,(H,32,36)(H2,31,33,34,35,38)/t22-;20-/m11/s1. The molecule has 12 rings (SSSR count). The maximum absolute atomic E-state index is 12.6. The number of hydrogen-bond donors (Lipinski definition) is 7. The minimum Gasteiger partial charge on any atom is -0.497 e.